The van der Waals surface area contributed by atoms with E-state index in [0.717, 1.165) is 25.2 Å². The number of carbonyl (C=O) groups excluding carboxylic acids is 1. The van der Waals surface area contributed by atoms with Crippen molar-refractivity contribution in [3.05, 3.63) is 92.1 Å². The summed E-state index contributed by atoms with van der Waals surface area (Å²) in [4.78, 5) is 42.9. The molecule has 1 amide bonds. The zero-order valence-corrected chi connectivity index (χ0v) is 18.6. The lowest BCUT2D eigenvalue weighted by molar-refractivity contribution is -0.118. The number of aromatic nitrogens is 2. The van der Waals surface area contributed by atoms with Gasteiger partial charge in [0.1, 0.15) is 5.76 Å². The molecule has 3 aromatic heterocycles. The molecule has 9 nitrogen and oxygen atoms in total. The highest BCUT2D eigenvalue weighted by molar-refractivity contribution is 5.75. The van der Waals surface area contributed by atoms with Gasteiger partial charge >= 0.3 is 0 Å². The average Bonchev–Trinajstić information content (AvgIpc) is 2.81. The zero-order valence-electron chi connectivity index (χ0n) is 18.6. The third-order valence-electron chi connectivity index (χ3n) is 6.77. The molecule has 1 fully saturated rings. The summed E-state index contributed by atoms with van der Waals surface area (Å²) in [7, 11) is 0. The van der Waals surface area contributed by atoms with E-state index in [1.807, 2.05) is 10.6 Å². The molecular weight excluding hydrogens is 436 g/mol. The molecule has 0 spiro atoms. The smallest absolute Gasteiger partial charge is 0.250 e. The fourth-order valence-corrected chi connectivity index (χ4v) is 5.37. The number of pyridine rings is 2. The molecule has 0 saturated carbocycles. The fraction of sp³-hybridized carbons (Fsp3) is 0.360. The molecular formula is C25H26N4O5. The first-order chi connectivity index (χ1) is 16.4. The molecule has 1 saturated heterocycles. The highest BCUT2D eigenvalue weighted by Crippen LogP contribution is 2.36. The van der Waals surface area contributed by atoms with Crippen LogP contribution in [0.2, 0.25) is 0 Å². The number of rotatable bonds is 6. The highest BCUT2D eigenvalue weighted by Gasteiger charge is 2.35. The van der Waals surface area contributed by atoms with Crippen LogP contribution in [0.4, 0.5) is 0 Å². The monoisotopic (exact) mass is 462 g/mol. The Bertz CT molecular complexity index is 1330. The van der Waals surface area contributed by atoms with Crippen LogP contribution in [0.1, 0.15) is 47.5 Å². The van der Waals surface area contributed by atoms with Gasteiger partial charge in [0, 0.05) is 62.2 Å². The third kappa shape index (κ3) is 4.26. The van der Waals surface area contributed by atoms with Gasteiger partial charge in [0.25, 0.3) is 5.56 Å². The summed E-state index contributed by atoms with van der Waals surface area (Å²) in [6.07, 6.45) is 4.03. The molecule has 176 valence electrons. The number of aromatic hydroxyl groups is 1. The summed E-state index contributed by atoms with van der Waals surface area (Å²) in [6, 6.07) is 10.1. The SMILES string of the molecule is NC(=O)C[C@@H](c1ccncc1)c1oc(CN2C[C@H]3C[C@@H](C2)c2cccc(=O)n2C3)cc(=O)c1O. The number of nitrogens with two attached hydrogens (primary N) is 1. The number of amides is 1. The first kappa shape index (κ1) is 22.1. The van der Waals surface area contributed by atoms with Gasteiger partial charge in [-0.2, -0.15) is 0 Å². The minimum atomic E-state index is -0.701. The predicted octanol–water partition coefficient (Wildman–Crippen LogP) is 1.53. The Morgan fingerprint density at radius 3 is 2.74 bits per heavy atom. The summed E-state index contributed by atoms with van der Waals surface area (Å²) >= 11 is 0. The van der Waals surface area contributed by atoms with Gasteiger partial charge in [-0.3, -0.25) is 24.3 Å². The lowest BCUT2D eigenvalue weighted by Crippen LogP contribution is -2.46. The fourth-order valence-electron chi connectivity index (χ4n) is 5.37. The molecule has 0 unspecified atom stereocenters. The summed E-state index contributed by atoms with van der Waals surface area (Å²) in [5.74, 6) is -0.804. The lowest BCUT2D eigenvalue weighted by Gasteiger charge is -2.42. The Morgan fingerprint density at radius 2 is 1.97 bits per heavy atom. The van der Waals surface area contributed by atoms with E-state index in [1.54, 1.807) is 36.7 Å². The number of fused-ring (bicyclic) bond motifs is 4. The second kappa shape index (κ2) is 8.90. The minimum Gasteiger partial charge on any atom is -0.502 e. The maximum Gasteiger partial charge on any atom is 0.250 e. The van der Waals surface area contributed by atoms with E-state index >= 15 is 0 Å². The summed E-state index contributed by atoms with van der Waals surface area (Å²) < 4.78 is 7.92. The molecule has 9 heteroatoms. The maximum absolute atomic E-state index is 12.6. The van der Waals surface area contributed by atoms with E-state index in [2.05, 4.69) is 9.88 Å². The van der Waals surface area contributed by atoms with Crippen LogP contribution in [0.5, 0.6) is 5.75 Å². The second-order valence-electron chi connectivity index (χ2n) is 9.19. The van der Waals surface area contributed by atoms with E-state index in [9.17, 15) is 19.5 Å². The van der Waals surface area contributed by atoms with Crippen molar-refractivity contribution >= 4 is 5.91 Å². The Balaban J connectivity index is 1.44. The molecule has 0 aromatic carbocycles. The van der Waals surface area contributed by atoms with E-state index in [-0.39, 0.29) is 23.7 Å². The topological polar surface area (TPSA) is 132 Å². The van der Waals surface area contributed by atoms with Gasteiger partial charge < -0.3 is 19.8 Å². The summed E-state index contributed by atoms with van der Waals surface area (Å²) in [5.41, 5.74) is 6.64. The average molecular weight is 463 g/mol. The second-order valence-corrected chi connectivity index (χ2v) is 9.19. The molecule has 3 aromatic rings. The van der Waals surface area contributed by atoms with E-state index < -0.39 is 23.0 Å². The van der Waals surface area contributed by atoms with Crippen molar-refractivity contribution in [1.82, 2.24) is 14.5 Å². The first-order valence-electron chi connectivity index (χ1n) is 11.3. The van der Waals surface area contributed by atoms with Crippen molar-refractivity contribution in [2.24, 2.45) is 11.7 Å². The third-order valence-corrected chi connectivity index (χ3v) is 6.77. The molecule has 34 heavy (non-hydrogen) atoms. The molecule has 0 aliphatic carbocycles. The minimum absolute atomic E-state index is 0.0293. The van der Waals surface area contributed by atoms with Gasteiger partial charge in [-0.25, -0.2) is 0 Å². The number of hydrogen-bond acceptors (Lipinski definition) is 7. The molecule has 3 atom stereocenters. The van der Waals surface area contributed by atoms with Crippen LogP contribution in [0.15, 0.2) is 62.8 Å². The van der Waals surface area contributed by atoms with Crippen molar-refractivity contribution in [1.29, 1.82) is 0 Å². The van der Waals surface area contributed by atoms with Gasteiger partial charge in [-0.15, -0.1) is 0 Å². The van der Waals surface area contributed by atoms with E-state index in [4.69, 9.17) is 10.2 Å². The van der Waals surface area contributed by atoms with Gasteiger partial charge in [0.15, 0.2) is 5.76 Å². The van der Waals surface area contributed by atoms with Gasteiger partial charge in [0.2, 0.25) is 17.1 Å². The van der Waals surface area contributed by atoms with Crippen molar-refractivity contribution in [3.63, 3.8) is 0 Å². The van der Waals surface area contributed by atoms with Crippen molar-refractivity contribution in [3.8, 4) is 5.75 Å². The Kier molecular flexibility index (Phi) is 5.79. The normalized spacial score (nSPS) is 20.5. The molecule has 3 N–H and O–H groups in total. The summed E-state index contributed by atoms with van der Waals surface area (Å²) in [5, 5.41) is 10.5. The van der Waals surface area contributed by atoms with Crippen molar-refractivity contribution in [2.75, 3.05) is 13.1 Å². The van der Waals surface area contributed by atoms with E-state index in [0.29, 0.717) is 30.3 Å². The molecule has 2 aliphatic rings. The van der Waals surface area contributed by atoms with Crippen LogP contribution in [0, 0.1) is 5.92 Å². The molecule has 2 aliphatic heterocycles. The maximum atomic E-state index is 12.6. The molecule has 5 heterocycles. The molecule has 0 radical (unpaired) electrons. The van der Waals surface area contributed by atoms with Crippen LogP contribution in [-0.4, -0.2) is 38.6 Å². The van der Waals surface area contributed by atoms with Crippen molar-refractivity contribution in [2.45, 2.75) is 37.8 Å². The molecule has 2 bridgehead atoms. The zero-order chi connectivity index (χ0) is 23.8. The summed E-state index contributed by atoms with van der Waals surface area (Å²) in [6.45, 7) is 2.56. The quantitative estimate of drug-likeness (QED) is 0.568. The number of primary amides is 1. The number of nitrogens with zero attached hydrogens (tertiary/aromatic N) is 3. The number of piperidine rings is 1. The predicted molar refractivity (Wildman–Crippen MR) is 123 cm³/mol. The van der Waals surface area contributed by atoms with Crippen LogP contribution in [0.25, 0.3) is 0 Å². The number of hydrogen-bond donors (Lipinski definition) is 2. The van der Waals surface area contributed by atoms with Gasteiger partial charge in [-0.1, -0.05) is 6.07 Å². The Morgan fingerprint density at radius 1 is 1.18 bits per heavy atom. The number of likely N-dealkylation sites (tertiary alicyclic amines) is 1. The first-order valence-corrected chi connectivity index (χ1v) is 11.3. The van der Waals surface area contributed by atoms with Crippen LogP contribution < -0.4 is 16.7 Å². The Hall–Kier alpha value is -3.72. The standard InChI is InChI=1S/C25H26N4O5/c26-22(31)10-19(16-4-6-27-7-5-16)25-24(33)21(30)9-18(34-25)14-28-11-15-8-17(13-28)20-2-1-3-23(32)29(20)12-15/h1-7,9,15,17,19,33H,8,10-14H2,(H2,26,31)/t15-,17+,19+/m1/s1. The van der Waals surface area contributed by atoms with Crippen LogP contribution in [0.3, 0.4) is 0 Å². The van der Waals surface area contributed by atoms with Gasteiger partial charge in [-0.05, 0) is 36.1 Å². The number of carbonyl (C=O) groups is 1. The lowest BCUT2D eigenvalue weighted by atomic mass is 9.83. The van der Waals surface area contributed by atoms with Crippen molar-refractivity contribution < 1.29 is 14.3 Å². The van der Waals surface area contributed by atoms with Crippen LogP contribution in [-0.2, 0) is 17.9 Å². The Labute approximate surface area is 195 Å². The van der Waals surface area contributed by atoms with E-state index in [1.165, 1.54) is 6.07 Å². The highest BCUT2D eigenvalue weighted by atomic mass is 16.4. The molecule has 5 rings (SSSR count). The van der Waals surface area contributed by atoms with Crippen LogP contribution >= 0.6 is 0 Å². The van der Waals surface area contributed by atoms with Gasteiger partial charge in [0.05, 0.1) is 12.5 Å². The largest absolute Gasteiger partial charge is 0.502 e.